The van der Waals surface area contributed by atoms with E-state index in [1.54, 1.807) is 0 Å². The average molecular weight is 661 g/mol. The number of allylic oxidation sites excluding steroid dienone is 1. The standard InChI is InChI=1S/C37H60N2O8/c1-21(2)22(3)33(5)13-14-35(7)24-9-10-28-34(6)19-45-20-37(28,25(24)11-12-36(35,8)29(33)31(41)42)17-27(46-23(4)40)30(34)47-32(43)26(39)18-44-16-15-38/h11,21-22,24,26-30H,9-10,12-20,38-39H2,1-8H3,(H,41,42)/t22-,24+,26?,27-,28+,29-,30+,33-,34-,35-,36+,37-/m1/s1. The highest BCUT2D eigenvalue weighted by Gasteiger charge is 2.72. The molecule has 4 aliphatic carbocycles. The van der Waals surface area contributed by atoms with Crippen molar-refractivity contribution >= 4 is 17.9 Å². The molecule has 3 saturated carbocycles. The summed E-state index contributed by atoms with van der Waals surface area (Å²) in [5.74, 6) is -1.25. The lowest BCUT2D eigenvalue weighted by atomic mass is 9.34. The number of fused-ring (bicyclic) bond motifs is 3. The fourth-order valence-corrected chi connectivity index (χ4v) is 11.7. The highest BCUT2D eigenvalue weighted by Crippen LogP contribution is 2.75. The summed E-state index contributed by atoms with van der Waals surface area (Å²) in [5.41, 5.74) is 11.0. The average Bonchev–Trinajstić information content (AvgIpc) is 2.98. The number of carbonyl (C=O) groups excluding carboxylic acids is 2. The van der Waals surface area contributed by atoms with Gasteiger partial charge in [0.05, 0.1) is 32.3 Å². The van der Waals surface area contributed by atoms with Crippen molar-refractivity contribution in [3.63, 3.8) is 0 Å². The monoisotopic (exact) mass is 660 g/mol. The van der Waals surface area contributed by atoms with Gasteiger partial charge in [0.1, 0.15) is 18.2 Å². The van der Waals surface area contributed by atoms with Crippen molar-refractivity contribution in [1.29, 1.82) is 0 Å². The number of nitrogens with two attached hydrogens (primary N) is 2. The summed E-state index contributed by atoms with van der Waals surface area (Å²) in [6.07, 6.45) is 5.74. The van der Waals surface area contributed by atoms with E-state index in [1.165, 1.54) is 12.5 Å². The molecule has 1 unspecified atom stereocenters. The van der Waals surface area contributed by atoms with Crippen LogP contribution in [0.15, 0.2) is 11.6 Å². The summed E-state index contributed by atoms with van der Waals surface area (Å²) >= 11 is 0. The molecular formula is C37H60N2O8. The Morgan fingerprint density at radius 3 is 2.36 bits per heavy atom. The second-order valence-electron chi connectivity index (χ2n) is 17.0. The minimum absolute atomic E-state index is 0.0141. The summed E-state index contributed by atoms with van der Waals surface area (Å²) in [6.45, 7) is 18.4. The molecule has 5 aliphatic rings. The molecule has 47 heavy (non-hydrogen) atoms. The SMILES string of the molecule is CC(=O)O[C@@H]1C[C@]23COC[C@](C)([C@@H]2CC[C@H]2C3=CC[C@@]3(C)[C@H](C(=O)O)[C@@](C)([C@H](C)C(C)C)CC[C@]23C)[C@H]1OC(=O)C(N)COCCN. The highest BCUT2D eigenvalue weighted by molar-refractivity contribution is 5.76. The van der Waals surface area contributed by atoms with Gasteiger partial charge in [-0.2, -0.15) is 0 Å². The third-order valence-corrected chi connectivity index (χ3v) is 14.5. The van der Waals surface area contributed by atoms with Crippen molar-refractivity contribution in [3.05, 3.63) is 11.6 Å². The molecule has 0 spiro atoms. The molecule has 12 atom stereocenters. The molecule has 2 bridgehead atoms. The van der Waals surface area contributed by atoms with Gasteiger partial charge in [0.2, 0.25) is 0 Å². The Morgan fingerprint density at radius 2 is 1.74 bits per heavy atom. The largest absolute Gasteiger partial charge is 0.481 e. The number of carboxylic acids is 1. The van der Waals surface area contributed by atoms with Gasteiger partial charge in [-0.15, -0.1) is 0 Å². The number of carboxylic acid groups (broad SMARTS) is 1. The predicted molar refractivity (Wildman–Crippen MR) is 177 cm³/mol. The number of hydrogen-bond acceptors (Lipinski definition) is 9. The van der Waals surface area contributed by atoms with E-state index >= 15 is 0 Å². The van der Waals surface area contributed by atoms with Gasteiger partial charge in [-0.05, 0) is 78.4 Å². The maximum atomic E-state index is 13.3. The van der Waals surface area contributed by atoms with Crippen molar-refractivity contribution in [2.75, 3.05) is 33.0 Å². The number of carbonyl (C=O) groups is 3. The van der Waals surface area contributed by atoms with Gasteiger partial charge < -0.3 is 35.5 Å². The molecular weight excluding hydrogens is 600 g/mol. The van der Waals surface area contributed by atoms with E-state index in [0.29, 0.717) is 38.5 Å². The van der Waals surface area contributed by atoms with Crippen LogP contribution in [-0.2, 0) is 33.3 Å². The molecule has 0 aromatic heterocycles. The van der Waals surface area contributed by atoms with Crippen LogP contribution < -0.4 is 11.5 Å². The minimum Gasteiger partial charge on any atom is -0.481 e. The molecule has 5 N–H and O–H groups in total. The van der Waals surface area contributed by atoms with E-state index in [2.05, 4.69) is 54.5 Å². The fourth-order valence-electron chi connectivity index (χ4n) is 11.7. The molecule has 266 valence electrons. The maximum absolute atomic E-state index is 13.3. The predicted octanol–water partition coefficient (Wildman–Crippen LogP) is 4.72. The van der Waals surface area contributed by atoms with E-state index in [0.717, 1.165) is 25.7 Å². The van der Waals surface area contributed by atoms with Crippen molar-refractivity contribution in [2.45, 2.75) is 112 Å². The van der Waals surface area contributed by atoms with E-state index in [-0.39, 0.29) is 41.8 Å². The Balaban J connectivity index is 1.54. The molecule has 0 aromatic rings. The molecule has 10 nitrogen and oxygen atoms in total. The van der Waals surface area contributed by atoms with Crippen molar-refractivity contribution in [2.24, 2.45) is 68.1 Å². The highest BCUT2D eigenvalue weighted by atomic mass is 16.6. The van der Waals surface area contributed by atoms with Crippen LogP contribution in [0.3, 0.4) is 0 Å². The Bertz CT molecular complexity index is 1270. The number of ether oxygens (including phenoxy) is 4. The Morgan fingerprint density at radius 1 is 1.04 bits per heavy atom. The lowest BCUT2D eigenvalue weighted by molar-refractivity contribution is -0.263. The molecule has 1 saturated heterocycles. The van der Waals surface area contributed by atoms with Gasteiger partial charge in [-0.3, -0.25) is 14.4 Å². The second-order valence-corrected chi connectivity index (χ2v) is 17.0. The van der Waals surface area contributed by atoms with Gasteiger partial charge >= 0.3 is 17.9 Å². The van der Waals surface area contributed by atoms with E-state index in [9.17, 15) is 19.5 Å². The number of esters is 2. The first-order valence-corrected chi connectivity index (χ1v) is 17.8. The van der Waals surface area contributed by atoms with Crippen LogP contribution in [0.1, 0.15) is 93.9 Å². The molecule has 0 amide bonds. The zero-order valence-corrected chi connectivity index (χ0v) is 29.9. The van der Waals surface area contributed by atoms with Gasteiger partial charge in [-0.1, -0.05) is 60.1 Å². The first kappa shape index (κ1) is 36.3. The Hall–Kier alpha value is -2.01. The third-order valence-electron chi connectivity index (χ3n) is 14.5. The Labute approximate surface area is 281 Å². The van der Waals surface area contributed by atoms with Crippen LogP contribution in [0.2, 0.25) is 0 Å². The van der Waals surface area contributed by atoms with Gasteiger partial charge in [0.25, 0.3) is 0 Å². The first-order chi connectivity index (χ1) is 21.9. The zero-order chi connectivity index (χ0) is 34.7. The number of hydrogen-bond donors (Lipinski definition) is 3. The second kappa shape index (κ2) is 12.7. The van der Waals surface area contributed by atoms with Crippen LogP contribution in [0.5, 0.6) is 0 Å². The summed E-state index contributed by atoms with van der Waals surface area (Å²) in [5, 5.41) is 10.9. The third kappa shape index (κ3) is 5.48. The minimum atomic E-state index is -0.994. The number of aliphatic carboxylic acids is 1. The number of rotatable bonds is 10. The molecule has 0 radical (unpaired) electrons. The summed E-state index contributed by atoms with van der Waals surface area (Å²) in [4.78, 5) is 39.2. The summed E-state index contributed by atoms with van der Waals surface area (Å²) < 4.78 is 24.1. The van der Waals surface area contributed by atoms with Gasteiger partial charge in [0, 0.05) is 24.3 Å². The van der Waals surface area contributed by atoms with Crippen molar-refractivity contribution < 1.29 is 38.4 Å². The molecule has 1 aliphatic heterocycles. The normalized spacial score (nSPS) is 43.8. The van der Waals surface area contributed by atoms with Gasteiger partial charge in [-0.25, -0.2) is 0 Å². The summed E-state index contributed by atoms with van der Waals surface area (Å²) in [6, 6.07) is -0.994. The topological polar surface area (TPSA) is 160 Å². The van der Waals surface area contributed by atoms with Crippen LogP contribution in [0.4, 0.5) is 0 Å². The van der Waals surface area contributed by atoms with Crippen LogP contribution in [0.25, 0.3) is 0 Å². The van der Waals surface area contributed by atoms with E-state index in [1.807, 2.05) is 0 Å². The smallest absolute Gasteiger partial charge is 0.325 e. The van der Waals surface area contributed by atoms with Crippen molar-refractivity contribution in [3.8, 4) is 0 Å². The zero-order valence-electron chi connectivity index (χ0n) is 29.9. The van der Waals surface area contributed by atoms with Crippen LogP contribution in [-0.4, -0.2) is 74.2 Å². The first-order valence-electron chi connectivity index (χ1n) is 17.8. The summed E-state index contributed by atoms with van der Waals surface area (Å²) in [7, 11) is 0. The quantitative estimate of drug-likeness (QED) is 0.170. The molecule has 0 aromatic carbocycles. The van der Waals surface area contributed by atoms with Gasteiger partial charge in [0.15, 0.2) is 0 Å². The molecule has 10 heteroatoms. The maximum Gasteiger partial charge on any atom is 0.325 e. The van der Waals surface area contributed by atoms with Crippen LogP contribution >= 0.6 is 0 Å². The fraction of sp³-hybridized carbons (Fsp3) is 0.865. The van der Waals surface area contributed by atoms with Crippen LogP contribution in [0, 0.1) is 56.7 Å². The lowest BCUT2D eigenvalue weighted by Gasteiger charge is -2.71. The lowest BCUT2D eigenvalue weighted by Crippen LogP contribution is -2.70. The molecule has 4 fully saturated rings. The Kier molecular flexibility index (Phi) is 9.81. The molecule has 5 rings (SSSR count). The molecule has 1 heterocycles. The van der Waals surface area contributed by atoms with E-state index in [4.69, 9.17) is 30.4 Å². The van der Waals surface area contributed by atoms with E-state index < -0.39 is 58.3 Å². The van der Waals surface area contributed by atoms with Crippen molar-refractivity contribution in [1.82, 2.24) is 0 Å².